The molecular formula is C16H17N3S. The van der Waals surface area contributed by atoms with E-state index >= 15 is 0 Å². The van der Waals surface area contributed by atoms with Crippen molar-refractivity contribution in [3.05, 3.63) is 63.5 Å². The van der Waals surface area contributed by atoms with E-state index in [2.05, 4.69) is 42.5 Å². The Morgan fingerprint density at radius 3 is 2.70 bits per heavy atom. The Hall–Kier alpha value is -1.75. The summed E-state index contributed by atoms with van der Waals surface area (Å²) in [4.78, 5) is 7.06. The summed E-state index contributed by atoms with van der Waals surface area (Å²) in [5, 5.41) is 1.13. The Morgan fingerprint density at radius 1 is 1.20 bits per heavy atom. The fourth-order valence-electron chi connectivity index (χ4n) is 2.33. The van der Waals surface area contributed by atoms with Gasteiger partial charge in [0, 0.05) is 21.3 Å². The van der Waals surface area contributed by atoms with Gasteiger partial charge in [-0.15, -0.1) is 11.3 Å². The lowest BCUT2D eigenvalue weighted by Gasteiger charge is -2.15. The number of hydrazine groups is 1. The molecule has 0 amide bonds. The van der Waals surface area contributed by atoms with Crippen molar-refractivity contribution in [3.8, 4) is 0 Å². The fraction of sp³-hybridized carbons (Fsp3) is 0.188. The van der Waals surface area contributed by atoms with Gasteiger partial charge in [-0.05, 0) is 43.2 Å². The zero-order valence-corrected chi connectivity index (χ0v) is 12.4. The molecule has 0 fully saturated rings. The molecule has 0 radical (unpaired) electrons. The Morgan fingerprint density at radius 2 is 2.00 bits per heavy atom. The molecule has 0 saturated carbocycles. The number of fused-ring (bicyclic) bond motifs is 1. The molecule has 3 aromatic rings. The molecule has 0 aliphatic rings. The molecule has 0 aliphatic heterocycles. The molecule has 3 nitrogen and oxygen atoms in total. The van der Waals surface area contributed by atoms with Crippen LogP contribution in [0, 0.1) is 13.8 Å². The maximum Gasteiger partial charge on any atom is 0.0817 e. The van der Waals surface area contributed by atoms with Gasteiger partial charge >= 0.3 is 0 Å². The van der Waals surface area contributed by atoms with Crippen LogP contribution in [0.25, 0.3) is 10.9 Å². The quantitative estimate of drug-likeness (QED) is 0.571. The van der Waals surface area contributed by atoms with E-state index in [4.69, 9.17) is 5.84 Å². The minimum Gasteiger partial charge on any atom is -0.271 e. The molecule has 2 aromatic heterocycles. The molecule has 1 atom stereocenters. The Labute approximate surface area is 122 Å². The zero-order chi connectivity index (χ0) is 14.1. The molecule has 20 heavy (non-hydrogen) atoms. The van der Waals surface area contributed by atoms with Crippen molar-refractivity contribution in [3.63, 3.8) is 0 Å². The van der Waals surface area contributed by atoms with E-state index in [1.807, 2.05) is 24.4 Å². The number of para-hydroxylation sites is 1. The molecule has 0 aliphatic carbocycles. The van der Waals surface area contributed by atoms with E-state index in [-0.39, 0.29) is 6.04 Å². The van der Waals surface area contributed by atoms with E-state index in [0.717, 1.165) is 16.5 Å². The summed E-state index contributed by atoms with van der Waals surface area (Å²) in [5.41, 5.74) is 6.31. The van der Waals surface area contributed by atoms with Gasteiger partial charge in [-0.2, -0.15) is 0 Å². The van der Waals surface area contributed by atoms with Gasteiger partial charge in [0.05, 0.1) is 11.6 Å². The number of aryl methyl sites for hydroxylation is 2. The van der Waals surface area contributed by atoms with Crippen LogP contribution in [-0.4, -0.2) is 4.98 Å². The minimum absolute atomic E-state index is 0.00972. The Bertz CT molecular complexity index is 729. The molecule has 0 spiro atoms. The highest BCUT2D eigenvalue weighted by Gasteiger charge is 2.16. The normalized spacial score (nSPS) is 12.8. The number of thiophene rings is 1. The van der Waals surface area contributed by atoms with E-state index in [1.165, 1.54) is 15.3 Å². The summed E-state index contributed by atoms with van der Waals surface area (Å²) in [6.45, 7) is 4.26. The number of nitrogens with zero attached hydrogens (tertiary/aromatic N) is 1. The topological polar surface area (TPSA) is 50.9 Å². The average molecular weight is 283 g/mol. The highest BCUT2D eigenvalue weighted by Crippen LogP contribution is 2.31. The Balaban J connectivity index is 2.06. The molecule has 3 N–H and O–H groups in total. The predicted octanol–water partition coefficient (Wildman–Crippen LogP) is 3.47. The van der Waals surface area contributed by atoms with E-state index in [0.29, 0.717) is 0 Å². The third-order valence-corrected chi connectivity index (χ3v) is 4.80. The second-order valence-corrected chi connectivity index (χ2v) is 6.24. The largest absolute Gasteiger partial charge is 0.271 e. The number of benzene rings is 1. The molecule has 1 aromatic carbocycles. The fourth-order valence-corrected chi connectivity index (χ4v) is 3.46. The summed E-state index contributed by atoms with van der Waals surface area (Å²) in [6.07, 6.45) is 1.90. The third-order valence-electron chi connectivity index (χ3n) is 3.58. The molecule has 0 saturated heterocycles. The van der Waals surface area contributed by atoms with Crippen LogP contribution in [0.15, 0.2) is 42.6 Å². The van der Waals surface area contributed by atoms with Crippen LogP contribution in [-0.2, 0) is 0 Å². The second-order valence-electron chi connectivity index (χ2n) is 4.95. The van der Waals surface area contributed by atoms with Crippen molar-refractivity contribution in [2.75, 3.05) is 0 Å². The lowest BCUT2D eigenvalue weighted by molar-refractivity contribution is 0.645. The van der Waals surface area contributed by atoms with Gasteiger partial charge in [-0.3, -0.25) is 10.8 Å². The van der Waals surface area contributed by atoms with Gasteiger partial charge in [0.1, 0.15) is 0 Å². The highest BCUT2D eigenvalue weighted by molar-refractivity contribution is 7.12. The van der Waals surface area contributed by atoms with Crippen LogP contribution in [0.3, 0.4) is 0 Å². The first-order chi connectivity index (χ1) is 9.69. The third kappa shape index (κ3) is 2.33. The van der Waals surface area contributed by atoms with Gasteiger partial charge in [-0.25, -0.2) is 5.43 Å². The summed E-state index contributed by atoms with van der Waals surface area (Å²) in [7, 11) is 0. The van der Waals surface area contributed by atoms with Crippen molar-refractivity contribution in [1.29, 1.82) is 0 Å². The van der Waals surface area contributed by atoms with Gasteiger partial charge < -0.3 is 0 Å². The summed E-state index contributed by atoms with van der Waals surface area (Å²) < 4.78 is 0. The van der Waals surface area contributed by atoms with Gasteiger partial charge in [0.25, 0.3) is 0 Å². The predicted molar refractivity (Wildman–Crippen MR) is 84.7 cm³/mol. The summed E-state index contributed by atoms with van der Waals surface area (Å²) in [6, 6.07) is 12.5. The number of hydrogen-bond acceptors (Lipinski definition) is 4. The van der Waals surface area contributed by atoms with Crippen LogP contribution in [0.5, 0.6) is 0 Å². The zero-order valence-electron chi connectivity index (χ0n) is 11.6. The number of pyridine rings is 1. The lowest BCUT2D eigenvalue weighted by Crippen LogP contribution is -2.28. The van der Waals surface area contributed by atoms with Crippen LogP contribution < -0.4 is 11.3 Å². The van der Waals surface area contributed by atoms with E-state index in [9.17, 15) is 0 Å². The van der Waals surface area contributed by atoms with Crippen molar-refractivity contribution < 1.29 is 0 Å². The first-order valence-electron chi connectivity index (χ1n) is 6.57. The second kappa shape index (κ2) is 5.32. The standard InChI is InChI=1S/C16H17N3S/c1-10-7-15(20-11(10)2)16(19-17)13-8-12-5-3-4-6-14(12)18-9-13/h3-9,16,19H,17H2,1-2H3. The van der Waals surface area contributed by atoms with Crippen molar-refractivity contribution >= 4 is 22.2 Å². The smallest absolute Gasteiger partial charge is 0.0817 e. The van der Waals surface area contributed by atoms with Crippen LogP contribution in [0.2, 0.25) is 0 Å². The van der Waals surface area contributed by atoms with Gasteiger partial charge in [0.15, 0.2) is 0 Å². The summed E-state index contributed by atoms with van der Waals surface area (Å²) in [5.74, 6) is 5.77. The molecular weight excluding hydrogens is 266 g/mol. The van der Waals surface area contributed by atoms with Crippen molar-refractivity contribution in [2.45, 2.75) is 19.9 Å². The first-order valence-corrected chi connectivity index (χ1v) is 7.38. The molecule has 3 rings (SSSR count). The Kier molecular flexibility index (Phi) is 3.53. The molecule has 0 bridgehead atoms. The van der Waals surface area contributed by atoms with Crippen molar-refractivity contribution in [2.24, 2.45) is 5.84 Å². The monoisotopic (exact) mass is 283 g/mol. The first kappa shape index (κ1) is 13.2. The molecule has 1 unspecified atom stereocenters. The highest BCUT2D eigenvalue weighted by atomic mass is 32.1. The van der Waals surface area contributed by atoms with E-state index in [1.54, 1.807) is 11.3 Å². The maximum absolute atomic E-state index is 5.77. The van der Waals surface area contributed by atoms with Gasteiger partial charge in [0.2, 0.25) is 0 Å². The molecule has 4 heteroatoms. The maximum atomic E-state index is 5.77. The van der Waals surface area contributed by atoms with Crippen molar-refractivity contribution in [1.82, 2.24) is 10.4 Å². The SMILES string of the molecule is Cc1cc(C(NN)c2cnc3ccccc3c2)sc1C. The van der Waals surface area contributed by atoms with Crippen LogP contribution >= 0.6 is 11.3 Å². The van der Waals surface area contributed by atoms with Crippen LogP contribution in [0.4, 0.5) is 0 Å². The lowest BCUT2D eigenvalue weighted by atomic mass is 10.0. The number of nitrogens with two attached hydrogens (primary N) is 1. The number of hydrogen-bond donors (Lipinski definition) is 2. The summed E-state index contributed by atoms with van der Waals surface area (Å²) >= 11 is 1.78. The van der Waals surface area contributed by atoms with Crippen LogP contribution in [0.1, 0.15) is 26.9 Å². The average Bonchev–Trinajstić information content (AvgIpc) is 2.79. The molecule has 2 heterocycles. The number of nitrogens with one attached hydrogen (secondary N) is 1. The minimum atomic E-state index is -0.00972. The van der Waals surface area contributed by atoms with Gasteiger partial charge in [-0.1, -0.05) is 18.2 Å². The number of rotatable bonds is 3. The number of aromatic nitrogens is 1. The van der Waals surface area contributed by atoms with E-state index < -0.39 is 0 Å². The molecule has 102 valence electrons.